The molecule has 1 heterocycles. The van der Waals surface area contributed by atoms with E-state index in [0.29, 0.717) is 16.8 Å². The Bertz CT molecular complexity index is 369. The lowest BCUT2D eigenvalue weighted by Crippen LogP contribution is -1.82. The van der Waals surface area contributed by atoms with Crippen LogP contribution in [0.4, 0.5) is 0 Å². The van der Waals surface area contributed by atoms with Crippen LogP contribution in [0, 0.1) is 0 Å². The van der Waals surface area contributed by atoms with Gasteiger partial charge in [-0.2, -0.15) is 0 Å². The van der Waals surface area contributed by atoms with Gasteiger partial charge >= 0.3 is 0 Å². The molecule has 0 N–H and O–H groups in total. The van der Waals surface area contributed by atoms with Crippen LogP contribution in [-0.2, 0) is 0 Å². The third kappa shape index (κ3) is 0.832. The highest BCUT2D eigenvalue weighted by Crippen LogP contribution is 2.20. The van der Waals surface area contributed by atoms with Crippen LogP contribution in [-0.4, -0.2) is 17.4 Å². The maximum Gasteiger partial charge on any atom is 0.177 e. The Hall–Kier alpha value is -1.58. The molecule has 2 aromatic rings. The minimum absolute atomic E-state index is 0.662. The van der Waals surface area contributed by atoms with E-state index in [1.807, 2.05) is 18.2 Å². The van der Waals surface area contributed by atoms with Gasteiger partial charge in [-0.05, 0) is 22.4 Å². The molecule has 2 rings (SSSR count). The van der Waals surface area contributed by atoms with Crippen LogP contribution in [0.5, 0.6) is 5.75 Å². The van der Waals surface area contributed by atoms with Crippen LogP contribution >= 0.6 is 0 Å². The molecule has 0 spiro atoms. The molecule has 56 valence electrons. The van der Waals surface area contributed by atoms with Gasteiger partial charge in [0.15, 0.2) is 5.52 Å². The third-order valence-electron chi connectivity index (χ3n) is 1.47. The monoisotopic (exact) mass is 150 g/mol. The number of rotatable bonds is 1. The second-order valence-electron chi connectivity index (χ2n) is 2.09. The van der Waals surface area contributed by atoms with Gasteiger partial charge < -0.3 is 4.74 Å². The van der Waals surface area contributed by atoms with Crippen molar-refractivity contribution in [2.75, 3.05) is 7.11 Å². The zero-order valence-electron chi connectivity index (χ0n) is 5.94. The molecule has 0 bridgehead atoms. The Morgan fingerprint density at radius 3 is 3.09 bits per heavy atom. The summed E-state index contributed by atoms with van der Waals surface area (Å²) in [5, 5.41) is 7.34. The lowest BCUT2D eigenvalue weighted by molar-refractivity contribution is 0.314. The average Bonchev–Trinajstić information content (AvgIpc) is 2.50. The molecule has 0 saturated heterocycles. The summed E-state index contributed by atoms with van der Waals surface area (Å²) in [4.78, 5) is 0. The second kappa shape index (κ2) is 2.23. The summed E-state index contributed by atoms with van der Waals surface area (Å²) in [6.07, 6.45) is 0. The summed E-state index contributed by atoms with van der Waals surface area (Å²) in [5.74, 6) is 0.684. The van der Waals surface area contributed by atoms with E-state index < -0.39 is 0 Å². The first-order chi connectivity index (χ1) is 5.42. The van der Waals surface area contributed by atoms with Gasteiger partial charge in [-0.25, -0.2) is 4.63 Å². The molecule has 0 fully saturated rings. The highest BCUT2D eigenvalue weighted by atomic mass is 16.6. The first-order valence-electron chi connectivity index (χ1n) is 3.17. The minimum atomic E-state index is 0.662. The van der Waals surface area contributed by atoms with Gasteiger partial charge in [-0.1, -0.05) is 6.07 Å². The SMILES string of the molecule is COc1cccc2nonc12. The highest BCUT2D eigenvalue weighted by molar-refractivity contribution is 5.79. The number of hydrogen-bond donors (Lipinski definition) is 0. The van der Waals surface area contributed by atoms with E-state index in [0.717, 1.165) is 0 Å². The molecule has 0 atom stereocenters. The smallest absolute Gasteiger partial charge is 0.177 e. The van der Waals surface area contributed by atoms with Crippen LogP contribution in [0.1, 0.15) is 0 Å². The molecule has 0 aliphatic carbocycles. The molecular weight excluding hydrogens is 144 g/mol. The number of fused-ring (bicyclic) bond motifs is 1. The standard InChI is InChI=1S/C7H6N2O2/c1-10-6-4-2-3-5-7(6)9-11-8-5/h2-4H,1H3. The van der Waals surface area contributed by atoms with Crippen LogP contribution in [0.2, 0.25) is 0 Å². The van der Waals surface area contributed by atoms with Gasteiger partial charge in [-0.3, -0.25) is 0 Å². The van der Waals surface area contributed by atoms with E-state index in [9.17, 15) is 0 Å². The zero-order chi connectivity index (χ0) is 7.68. The van der Waals surface area contributed by atoms with Crippen molar-refractivity contribution in [3.63, 3.8) is 0 Å². The topological polar surface area (TPSA) is 48.2 Å². The Morgan fingerprint density at radius 2 is 2.27 bits per heavy atom. The van der Waals surface area contributed by atoms with E-state index in [1.54, 1.807) is 7.11 Å². The number of ether oxygens (including phenoxy) is 1. The summed E-state index contributed by atoms with van der Waals surface area (Å²) >= 11 is 0. The van der Waals surface area contributed by atoms with Crippen molar-refractivity contribution >= 4 is 11.0 Å². The van der Waals surface area contributed by atoms with Crippen LogP contribution in [0.3, 0.4) is 0 Å². The number of aromatic nitrogens is 2. The number of benzene rings is 1. The van der Waals surface area contributed by atoms with Gasteiger partial charge in [0.2, 0.25) is 0 Å². The fraction of sp³-hybridized carbons (Fsp3) is 0.143. The zero-order valence-corrected chi connectivity index (χ0v) is 5.94. The van der Waals surface area contributed by atoms with Crippen LogP contribution < -0.4 is 4.74 Å². The number of nitrogens with zero attached hydrogens (tertiary/aromatic N) is 2. The lowest BCUT2D eigenvalue weighted by atomic mass is 10.3. The van der Waals surface area contributed by atoms with Gasteiger partial charge in [0.1, 0.15) is 11.3 Å². The second-order valence-corrected chi connectivity index (χ2v) is 2.09. The molecule has 0 unspecified atom stereocenters. The van der Waals surface area contributed by atoms with Crippen LogP contribution in [0.25, 0.3) is 11.0 Å². The van der Waals surface area contributed by atoms with Crippen LogP contribution in [0.15, 0.2) is 22.8 Å². The Labute approximate surface area is 62.7 Å². The molecule has 11 heavy (non-hydrogen) atoms. The lowest BCUT2D eigenvalue weighted by Gasteiger charge is -1.95. The predicted octanol–water partition coefficient (Wildman–Crippen LogP) is 1.23. The Morgan fingerprint density at radius 1 is 1.36 bits per heavy atom. The maximum absolute atomic E-state index is 5.02. The normalized spacial score (nSPS) is 10.3. The first-order valence-corrected chi connectivity index (χ1v) is 3.17. The number of hydrogen-bond acceptors (Lipinski definition) is 4. The van der Waals surface area contributed by atoms with E-state index in [2.05, 4.69) is 14.9 Å². The summed E-state index contributed by atoms with van der Waals surface area (Å²) < 4.78 is 9.55. The molecule has 4 nitrogen and oxygen atoms in total. The first kappa shape index (κ1) is 6.15. The van der Waals surface area contributed by atoms with Crippen molar-refractivity contribution in [3.8, 4) is 5.75 Å². The van der Waals surface area contributed by atoms with Crippen molar-refractivity contribution in [2.24, 2.45) is 0 Å². The van der Waals surface area contributed by atoms with Crippen molar-refractivity contribution < 1.29 is 9.37 Å². The molecule has 0 aliphatic rings. The average molecular weight is 150 g/mol. The molecule has 0 radical (unpaired) electrons. The molecule has 0 amide bonds. The highest BCUT2D eigenvalue weighted by Gasteiger charge is 2.04. The van der Waals surface area contributed by atoms with E-state index in [-0.39, 0.29) is 0 Å². The Kier molecular flexibility index (Phi) is 1.25. The Balaban J connectivity index is 2.79. The van der Waals surface area contributed by atoms with E-state index >= 15 is 0 Å². The summed E-state index contributed by atoms with van der Waals surface area (Å²) in [6.45, 7) is 0. The minimum Gasteiger partial charge on any atom is -0.494 e. The van der Waals surface area contributed by atoms with E-state index in [4.69, 9.17) is 4.74 Å². The predicted molar refractivity (Wildman–Crippen MR) is 38.4 cm³/mol. The summed E-state index contributed by atoms with van der Waals surface area (Å²) in [7, 11) is 1.59. The number of methoxy groups -OCH3 is 1. The molecule has 1 aromatic carbocycles. The van der Waals surface area contributed by atoms with Crippen molar-refractivity contribution in [3.05, 3.63) is 18.2 Å². The summed E-state index contributed by atoms with van der Waals surface area (Å²) in [6, 6.07) is 5.46. The quantitative estimate of drug-likeness (QED) is 0.613. The van der Waals surface area contributed by atoms with Crippen molar-refractivity contribution in [1.82, 2.24) is 10.3 Å². The maximum atomic E-state index is 5.02. The van der Waals surface area contributed by atoms with Gasteiger partial charge in [-0.15, -0.1) is 0 Å². The van der Waals surface area contributed by atoms with Gasteiger partial charge in [0.25, 0.3) is 0 Å². The van der Waals surface area contributed by atoms with Gasteiger partial charge in [0.05, 0.1) is 7.11 Å². The molecule has 4 heteroatoms. The largest absolute Gasteiger partial charge is 0.494 e. The molecule has 1 aromatic heterocycles. The van der Waals surface area contributed by atoms with E-state index in [1.165, 1.54) is 0 Å². The summed E-state index contributed by atoms with van der Waals surface area (Å²) in [5.41, 5.74) is 1.37. The van der Waals surface area contributed by atoms with Crippen molar-refractivity contribution in [1.29, 1.82) is 0 Å². The third-order valence-corrected chi connectivity index (χ3v) is 1.47. The van der Waals surface area contributed by atoms with Gasteiger partial charge in [0, 0.05) is 0 Å². The molecule has 0 saturated carbocycles. The fourth-order valence-electron chi connectivity index (χ4n) is 0.946. The molecular formula is C7H6N2O2. The van der Waals surface area contributed by atoms with Crippen molar-refractivity contribution in [2.45, 2.75) is 0 Å². The molecule has 0 aliphatic heterocycles. The fourth-order valence-corrected chi connectivity index (χ4v) is 0.946.